The van der Waals surface area contributed by atoms with Crippen molar-refractivity contribution in [3.8, 4) is 6.08 Å². The Morgan fingerprint density at radius 3 is 2.81 bits per heavy atom. The summed E-state index contributed by atoms with van der Waals surface area (Å²) in [5.41, 5.74) is 0.241. The Kier molecular flexibility index (Phi) is 4.23. The Labute approximate surface area is 124 Å². The fourth-order valence-corrected chi connectivity index (χ4v) is 3.28. The highest BCUT2D eigenvalue weighted by Gasteiger charge is 2.24. The largest absolute Gasteiger partial charge is 0.450 e. The van der Waals surface area contributed by atoms with Crippen LogP contribution in [0, 0.1) is 11.8 Å². The van der Waals surface area contributed by atoms with Crippen molar-refractivity contribution >= 4 is 10.9 Å². The van der Waals surface area contributed by atoms with E-state index in [4.69, 9.17) is 9.15 Å². The zero-order chi connectivity index (χ0) is 14.7. The summed E-state index contributed by atoms with van der Waals surface area (Å²) in [6, 6.07) is 7.17. The number of aromatic nitrogens is 1. The van der Waals surface area contributed by atoms with Gasteiger partial charge in [-0.2, -0.15) is 4.98 Å². The number of benzene rings is 1. The van der Waals surface area contributed by atoms with Gasteiger partial charge in [0.1, 0.15) is 0 Å². The topological polar surface area (TPSA) is 52.3 Å². The Hall–Kier alpha value is -1.84. The molecule has 4 heteroatoms. The first-order chi connectivity index (χ1) is 10.3. The van der Waals surface area contributed by atoms with Crippen molar-refractivity contribution < 1.29 is 9.15 Å². The Morgan fingerprint density at radius 1 is 1.24 bits per heavy atom. The summed E-state index contributed by atoms with van der Waals surface area (Å²) < 4.78 is 10.9. The third kappa shape index (κ3) is 3.09. The number of hydrogen-bond acceptors (Lipinski definition) is 4. The van der Waals surface area contributed by atoms with Gasteiger partial charge in [-0.05, 0) is 30.4 Å². The summed E-state index contributed by atoms with van der Waals surface area (Å²) >= 11 is 0. The van der Waals surface area contributed by atoms with Crippen LogP contribution >= 0.6 is 0 Å². The lowest BCUT2D eigenvalue weighted by Crippen LogP contribution is -2.25. The quantitative estimate of drug-likeness (QED) is 0.858. The summed E-state index contributed by atoms with van der Waals surface area (Å²) in [5.74, 6) is 1.26. The predicted molar refractivity (Wildman–Crippen MR) is 81.5 cm³/mol. The van der Waals surface area contributed by atoms with E-state index in [1.807, 2.05) is 6.07 Å². The second-order valence-electron chi connectivity index (χ2n) is 5.81. The van der Waals surface area contributed by atoms with Gasteiger partial charge in [0.25, 0.3) is 0 Å². The van der Waals surface area contributed by atoms with E-state index in [9.17, 15) is 4.79 Å². The summed E-state index contributed by atoms with van der Waals surface area (Å²) in [6.07, 6.45) is 6.33. The number of ether oxygens (including phenoxy) is 1. The van der Waals surface area contributed by atoms with Crippen molar-refractivity contribution in [2.75, 3.05) is 6.61 Å². The maximum absolute atomic E-state index is 11.9. The average molecular weight is 287 g/mol. The molecule has 4 nitrogen and oxygen atoms in total. The lowest BCUT2D eigenvalue weighted by atomic mass is 9.78. The molecule has 1 fully saturated rings. The predicted octanol–water partition coefficient (Wildman–Crippen LogP) is 3.78. The number of para-hydroxylation sites is 1. The monoisotopic (exact) mass is 287 g/mol. The SMILES string of the molecule is CCC1CCCCC1COc1nc2ccccc2c(=O)o1. The van der Waals surface area contributed by atoms with Crippen LogP contribution in [0.5, 0.6) is 6.08 Å². The maximum Gasteiger partial charge on any atom is 0.397 e. The molecule has 0 spiro atoms. The Morgan fingerprint density at radius 2 is 2.00 bits per heavy atom. The molecule has 1 saturated carbocycles. The second kappa shape index (κ2) is 6.29. The lowest BCUT2D eigenvalue weighted by molar-refractivity contribution is 0.116. The fourth-order valence-electron chi connectivity index (χ4n) is 3.28. The van der Waals surface area contributed by atoms with Crippen molar-refractivity contribution in [3.05, 3.63) is 34.7 Å². The summed E-state index contributed by atoms with van der Waals surface area (Å²) in [7, 11) is 0. The van der Waals surface area contributed by atoms with Crippen LogP contribution in [-0.2, 0) is 0 Å². The standard InChI is InChI=1S/C17H21NO3/c1-2-12-7-3-4-8-13(12)11-20-17-18-15-10-6-5-9-14(15)16(19)21-17/h5-6,9-10,12-13H,2-4,7-8,11H2,1H3. The van der Waals surface area contributed by atoms with Gasteiger partial charge in [0.05, 0.1) is 17.5 Å². The number of nitrogens with zero attached hydrogens (tertiary/aromatic N) is 1. The molecule has 0 amide bonds. The smallest absolute Gasteiger partial charge is 0.397 e. The molecule has 2 unspecified atom stereocenters. The highest BCUT2D eigenvalue weighted by atomic mass is 16.6. The van der Waals surface area contributed by atoms with E-state index in [0.717, 1.165) is 0 Å². The van der Waals surface area contributed by atoms with Crippen LogP contribution in [0.15, 0.2) is 33.5 Å². The molecule has 21 heavy (non-hydrogen) atoms. The Bertz CT molecular complexity index is 664. The first-order valence-corrected chi connectivity index (χ1v) is 7.80. The highest BCUT2D eigenvalue weighted by Crippen LogP contribution is 2.32. The van der Waals surface area contributed by atoms with Crippen LogP contribution in [0.1, 0.15) is 39.0 Å². The van der Waals surface area contributed by atoms with Gasteiger partial charge in [-0.3, -0.25) is 0 Å². The van der Waals surface area contributed by atoms with Crippen LogP contribution in [-0.4, -0.2) is 11.6 Å². The van der Waals surface area contributed by atoms with Crippen molar-refractivity contribution in [3.63, 3.8) is 0 Å². The second-order valence-corrected chi connectivity index (χ2v) is 5.81. The fraction of sp³-hybridized carbons (Fsp3) is 0.529. The van der Waals surface area contributed by atoms with E-state index in [-0.39, 0.29) is 11.7 Å². The number of rotatable bonds is 4. The van der Waals surface area contributed by atoms with Gasteiger partial charge >= 0.3 is 11.7 Å². The van der Waals surface area contributed by atoms with Crippen LogP contribution in [0.2, 0.25) is 0 Å². The lowest BCUT2D eigenvalue weighted by Gasteiger charge is -2.30. The molecule has 2 aromatic rings. The molecule has 112 valence electrons. The van der Waals surface area contributed by atoms with E-state index in [0.29, 0.717) is 29.3 Å². The molecule has 0 N–H and O–H groups in total. The third-order valence-electron chi connectivity index (χ3n) is 4.53. The summed E-state index contributed by atoms with van der Waals surface area (Å²) in [4.78, 5) is 16.2. The van der Waals surface area contributed by atoms with Gasteiger partial charge in [0, 0.05) is 0 Å². The normalized spacial score (nSPS) is 22.3. The molecular formula is C17H21NO3. The molecule has 1 aromatic carbocycles. The Balaban J connectivity index is 1.74. The van der Waals surface area contributed by atoms with Gasteiger partial charge < -0.3 is 9.15 Å². The first-order valence-electron chi connectivity index (χ1n) is 7.80. The van der Waals surface area contributed by atoms with Crippen molar-refractivity contribution in [2.24, 2.45) is 11.8 Å². The molecule has 1 aromatic heterocycles. The molecule has 0 saturated heterocycles. The van der Waals surface area contributed by atoms with E-state index < -0.39 is 0 Å². The molecule has 2 atom stereocenters. The van der Waals surface area contributed by atoms with Gasteiger partial charge in [0.15, 0.2) is 0 Å². The molecule has 1 heterocycles. The molecule has 1 aliphatic carbocycles. The van der Waals surface area contributed by atoms with E-state index >= 15 is 0 Å². The minimum absolute atomic E-state index is 0.0964. The van der Waals surface area contributed by atoms with Crippen LogP contribution in [0.3, 0.4) is 0 Å². The zero-order valence-corrected chi connectivity index (χ0v) is 12.4. The number of fused-ring (bicyclic) bond motifs is 1. The van der Waals surface area contributed by atoms with Crippen molar-refractivity contribution in [2.45, 2.75) is 39.0 Å². The highest BCUT2D eigenvalue weighted by molar-refractivity contribution is 5.76. The van der Waals surface area contributed by atoms with Crippen LogP contribution in [0.4, 0.5) is 0 Å². The van der Waals surface area contributed by atoms with E-state index in [1.54, 1.807) is 18.2 Å². The van der Waals surface area contributed by atoms with Crippen molar-refractivity contribution in [1.29, 1.82) is 0 Å². The molecule has 1 aliphatic rings. The van der Waals surface area contributed by atoms with Gasteiger partial charge in [0.2, 0.25) is 0 Å². The average Bonchev–Trinajstić information content (AvgIpc) is 2.53. The third-order valence-corrected chi connectivity index (χ3v) is 4.53. The summed E-state index contributed by atoms with van der Waals surface area (Å²) in [5, 5.41) is 0.494. The zero-order valence-electron chi connectivity index (χ0n) is 12.4. The minimum Gasteiger partial charge on any atom is -0.450 e. The molecule has 0 aliphatic heterocycles. The van der Waals surface area contributed by atoms with E-state index in [1.165, 1.54) is 32.1 Å². The maximum atomic E-state index is 11.9. The first kappa shape index (κ1) is 14.1. The van der Waals surface area contributed by atoms with Gasteiger partial charge in [-0.25, -0.2) is 4.79 Å². The minimum atomic E-state index is -0.383. The number of hydrogen-bond donors (Lipinski definition) is 0. The molecule has 3 rings (SSSR count). The van der Waals surface area contributed by atoms with Crippen LogP contribution < -0.4 is 10.4 Å². The van der Waals surface area contributed by atoms with Crippen LogP contribution in [0.25, 0.3) is 10.9 Å². The van der Waals surface area contributed by atoms with Gasteiger partial charge in [-0.1, -0.05) is 44.7 Å². The molecular weight excluding hydrogens is 266 g/mol. The van der Waals surface area contributed by atoms with Crippen molar-refractivity contribution in [1.82, 2.24) is 4.98 Å². The molecule has 0 radical (unpaired) electrons. The van der Waals surface area contributed by atoms with Gasteiger partial charge in [-0.15, -0.1) is 0 Å². The van der Waals surface area contributed by atoms with E-state index in [2.05, 4.69) is 11.9 Å². The summed E-state index contributed by atoms with van der Waals surface area (Å²) in [6.45, 7) is 2.82. The molecule has 0 bridgehead atoms.